The molecule has 0 heterocycles. The molecule has 0 unspecified atom stereocenters. The van der Waals surface area contributed by atoms with Gasteiger partial charge in [-0.2, -0.15) is 0 Å². The lowest BCUT2D eigenvalue weighted by Crippen LogP contribution is -1.88. The topological polar surface area (TPSA) is 57.5 Å². The lowest BCUT2D eigenvalue weighted by molar-refractivity contribution is 0.370. The summed E-state index contributed by atoms with van der Waals surface area (Å²) in [5.74, 6) is 0.832. The van der Waals surface area contributed by atoms with Crippen LogP contribution < -0.4 is 0 Å². The molecule has 0 saturated carbocycles. The smallest absolute Gasteiger partial charge is 0.324 e. The Balaban J connectivity index is 3.03. The van der Waals surface area contributed by atoms with Crippen LogP contribution >= 0.6 is 19.2 Å². The molecule has 0 saturated heterocycles. The molecule has 2 N–H and O–H groups in total. The number of halogens is 1. The van der Waals surface area contributed by atoms with Crippen LogP contribution in [0.5, 0.6) is 0 Å². The third kappa shape index (κ3) is 32.4. The Morgan fingerprint density at radius 1 is 0.364 bits per heavy atom. The van der Waals surface area contributed by atoms with E-state index in [0.29, 0.717) is 6.42 Å². The molecule has 0 aliphatic rings. The molecule has 0 fully saturated rings. The van der Waals surface area contributed by atoms with Crippen LogP contribution in [-0.2, 0) is 4.57 Å². The van der Waals surface area contributed by atoms with Gasteiger partial charge in [0.25, 0.3) is 0 Å². The minimum atomic E-state index is -3.77. The third-order valence-electron chi connectivity index (χ3n) is 6.83. The van der Waals surface area contributed by atoms with Gasteiger partial charge in [0.2, 0.25) is 0 Å². The molecule has 0 aliphatic carbocycles. The van der Waals surface area contributed by atoms with E-state index in [9.17, 15) is 4.57 Å². The molecule has 3 nitrogen and oxygen atoms in total. The molecule has 0 spiro atoms. The normalized spacial score (nSPS) is 12.0. The first kappa shape index (κ1) is 33.4. The molecule has 200 valence electrons. The van der Waals surface area contributed by atoms with Gasteiger partial charge in [-0.15, -0.1) is 11.6 Å². The van der Waals surface area contributed by atoms with Crippen molar-refractivity contribution >= 4 is 19.2 Å². The zero-order valence-corrected chi connectivity index (χ0v) is 23.6. The van der Waals surface area contributed by atoms with Crippen molar-refractivity contribution < 1.29 is 14.4 Å². The van der Waals surface area contributed by atoms with Crippen LogP contribution in [0.2, 0.25) is 0 Å². The fourth-order valence-electron chi connectivity index (χ4n) is 4.65. The summed E-state index contributed by atoms with van der Waals surface area (Å²) < 4.78 is 10.8. The lowest BCUT2D eigenvalue weighted by Gasteiger charge is -2.05. The number of unbranched alkanes of at least 4 members (excludes halogenated alkanes) is 25. The van der Waals surface area contributed by atoms with E-state index in [4.69, 9.17) is 21.4 Å². The fourth-order valence-corrected chi connectivity index (χ4v) is 5.48. The highest BCUT2D eigenvalue weighted by Gasteiger charge is 2.10. The SMILES string of the molecule is O=P(O)(O)CCCCCCCCCCCCCCCCCCCCCCCCCCCCCl. The van der Waals surface area contributed by atoms with Crippen molar-refractivity contribution in [2.24, 2.45) is 0 Å². The maximum atomic E-state index is 10.8. The summed E-state index contributed by atoms with van der Waals surface area (Å²) in [6.07, 6.45) is 34.7. The molecule has 0 bridgehead atoms. The summed E-state index contributed by atoms with van der Waals surface area (Å²) in [5.41, 5.74) is 0. The van der Waals surface area contributed by atoms with Crippen molar-refractivity contribution in [2.45, 2.75) is 167 Å². The standard InChI is InChI=1S/C28H58ClO3P/c29-27-25-23-21-19-17-15-13-11-9-7-5-3-1-2-4-6-8-10-12-14-16-18-20-22-24-26-28-33(30,31)32/h1-28H2,(H2,30,31,32). The minimum Gasteiger partial charge on any atom is -0.324 e. The van der Waals surface area contributed by atoms with Gasteiger partial charge in [-0.1, -0.05) is 154 Å². The van der Waals surface area contributed by atoms with Gasteiger partial charge in [-0.3, -0.25) is 4.57 Å². The second kappa shape index (κ2) is 27.0. The zero-order valence-electron chi connectivity index (χ0n) is 21.9. The van der Waals surface area contributed by atoms with Crippen LogP contribution in [0.3, 0.4) is 0 Å². The van der Waals surface area contributed by atoms with E-state index < -0.39 is 7.60 Å². The number of hydrogen-bond acceptors (Lipinski definition) is 1. The summed E-state index contributed by atoms with van der Waals surface area (Å²) in [6, 6.07) is 0. The van der Waals surface area contributed by atoms with Crippen LogP contribution in [0.1, 0.15) is 167 Å². The number of rotatable bonds is 28. The van der Waals surface area contributed by atoms with E-state index in [1.807, 2.05) is 0 Å². The molecule has 0 amide bonds. The third-order valence-corrected chi connectivity index (χ3v) is 8.00. The Bertz CT molecular complexity index is 414. The molecule has 0 radical (unpaired) electrons. The number of alkyl halides is 1. The quantitative estimate of drug-likeness (QED) is 0.0627. The maximum absolute atomic E-state index is 10.8. The maximum Gasteiger partial charge on any atom is 0.325 e. The van der Waals surface area contributed by atoms with Crippen LogP contribution in [-0.4, -0.2) is 21.8 Å². The van der Waals surface area contributed by atoms with Crippen molar-refractivity contribution in [1.29, 1.82) is 0 Å². The average molecular weight is 509 g/mol. The van der Waals surface area contributed by atoms with Gasteiger partial charge in [0.05, 0.1) is 0 Å². The van der Waals surface area contributed by atoms with E-state index in [1.54, 1.807) is 0 Å². The first-order valence-electron chi connectivity index (χ1n) is 14.7. The van der Waals surface area contributed by atoms with Crippen molar-refractivity contribution in [2.75, 3.05) is 12.0 Å². The molecular weight excluding hydrogens is 451 g/mol. The second-order valence-electron chi connectivity index (χ2n) is 10.3. The summed E-state index contributed by atoms with van der Waals surface area (Å²) in [7, 11) is -3.77. The van der Waals surface area contributed by atoms with Gasteiger partial charge in [-0.25, -0.2) is 0 Å². The Morgan fingerprint density at radius 2 is 0.545 bits per heavy atom. The Morgan fingerprint density at radius 3 is 0.727 bits per heavy atom. The van der Waals surface area contributed by atoms with Crippen LogP contribution in [0.15, 0.2) is 0 Å². The van der Waals surface area contributed by atoms with E-state index in [-0.39, 0.29) is 6.16 Å². The van der Waals surface area contributed by atoms with Crippen molar-refractivity contribution in [3.05, 3.63) is 0 Å². The summed E-state index contributed by atoms with van der Waals surface area (Å²) in [6.45, 7) is 0. The van der Waals surface area contributed by atoms with Crippen molar-refractivity contribution in [3.63, 3.8) is 0 Å². The highest BCUT2D eigenvalue weighted by Crippen LogP contribution is 2.35. The first-order valence-corrected chi connectivity index (χ1v) is 17.0. The van der Waals surface area contributed by atoms with E-state index >= 15 is 0 Å². The van der Waals surface area contributed by atoms with Crippen LogP contribution in [0, 0.1) is 0 Å². The lowest BCUT2D eigenvalue weighted by atomic mass is 10.0. The molecule has 33 heavy (non-hydrogen) atoms. The molecule has 0 aliphatic heterocycles. The largest absolute Gasteiger partial charge is 0.325 e. The predicted octanol–water partition coefficient (Wildman–Crippen LogP) is 10.5. The molecule has 0 aromatic carbocycles. The second-order valence-corrected chi connectivity index (χ2v) is 12.4. The zero-order chi connectivity index (χ0) is 24.3. The van der Waals surface area contributed by atoms with E-state index in [2.05, 4.69) is 0 Å². The van der Waals surface area contributed by atoms with Gasteiger partial charge < -0.3 is 9.79 Å². The predicted molar refractivity (Wildman–Crippen MR) is 148 cm³/mol. The summed E-state index contributed by atoms with van der Waals surface area (Å²) >= 11 is 5.70. The van der Waals surface area contributed by atoms with E-state index in [1.165, 1.54) is 148 Å². The minimum absolute atomic E-state index is 0.0594. The van der Waals surface area contributed by atoms with Crippen molar-refractivity contribution in [3.8, 4) is 0 Å². The van der Waals surface area contributed by atoms with E-state index in [0.717, 1.165) is 18.7 Å². The summed E-state index contributed by atoms with van der Waals surface area (Å²) in [5, 5.41) is 0. The van der Waals surface area contributed by atoms with Gasteiger partial charge in [0.15, 0.2) is 0 Å². The highest BCUT2D eigenvalue weighted by atomic mass is 35.5. The van der Waals surface area contributed by atoms with Gasteiger partial charge in [0.1, 0.15) is 0 Å². The molecule has 5 heteroatoms. The van der Waals surface area contributed by atoms with Crippen LogP contribution in [0.4, 0.5) is 0 Å². The molecular formula is C28H58ClO3P. The monoisotopic (exact) mass is 508 g/mol. The van der Waals surface area contributed by atoms with Gasteiger partial charge in [-0.05, 0) is 12.8 Å². The molecule has 0 rings (SSSR count). The molecule has 0 atom stereocenters. The van der Waals surface area contributed by atoms with Crippen molar-refractivity contribution in [1.82, 2.24) is 0 Å². The average Bonchev–Trinajstić information content (AvgIpc) is 2.78. The van der Waals surface area contributed by atoms with Gasteiger partial charge in [0, 0.05) is 12.0 Å². The molecule has 0 aromatic rings. The van der Waals surface area contributed by atoms with Crippen LogP contribution in [0.25, 0.3) is 0 Å². The summed E-state index contributed by atoms with van der Waals surface area (Å²) in [4.78, 5) is 17.6. The fraction of sp³-hybridized carbons (Fsp3) is 1.00. The number of hydrogen-bond donors (Lipinski definition) is 2. The highest BCUT2D eigenvalue weighted by molar-refractivity contribution is 7.51. The Kier molecular flexibility index (Phi) is 27.4. The molecule has 0 aromatic heterocycles. The first-order chi connectivity index (χ1) is 16.1. The Hall–Kier alpha value is 0.440. The Labute approximate surface area is 212 Å². The van der Waals surface area contributed by atoms with Gasteiger partial charge >= 0.3 is 7.60 Å².